The first kappa shape index (κ1) is 10.1. The molecule has 0 bridgehead atoms. The molecule has 0 radical (unpaired) electrons. The van der Waals surface area contributed by atoms with Crippen LogP contribution in [0.1, 0.15) is 30.3 Å². The molecule has 1 aromatic heterocycles. The first-order chi connectivity index (χ1) is 7.27. The van der Waals surface area contributed by atoms with Crippen molar-refractivity contribution in [2.24, 2.45) is 5.92 Å². The fraction of sp³-hybridized carbons (Fsp3) is 0.545. The molecule has 1 aliphatic heterocycles. The highest BCUT2D eigenvalue weighted by atomic mass is 16.2. The number of carbonyl (C=O) groups excluding carboxylic acids is 1. The van der Waals surface area contributed by atoms with E-state index in [0.29, 0.717) is 11.6 Å². The average Bonchev–Trinajstić information content (AvgIpc) is 2.29. The molecule has 1 fully saturated rings. The third-order valence-corrected chi connectivity index (χ3v) is 2.75. The first-order valence-electron chi connectivity index (χ1n) is 5.32. The molecule has 1 saturated heterocycles. The first-order valence-corrected chi connectivity index (χ1v) is 5.32. The molecule has 4 nitrogen and oxygen atoms in total. The maximum Gasteiger partial charge on any atom is 0.272 e. The van der Waals surface area contributed by atoms with Crippen LogP contribution in [-0.2, 0) is 0 Å². The maximum atomic E-state index is 12.0. The van der Waals surface area contributed by atoms with Crippen molar-refractivity contribution < 1.29 is 4.79 Å². The van der Waals surface area contributed by atoms with Gasteiger partial charge in [0.2, 0.25) is 0 Å². The summed E-state index contributed by atoms with van der Waals surface area (Å²) in [6, 6.07) is 1.67. The summed E-state index contributed by atoms with van der Waals surface area (Å²) in [6.07, 6.45) is 5.33. The number of hydrogen-bond acceptors (Lipinski definition) is 3. The van der Waals surface area contributed by atoms with Crippen molar-refractivity contribution in [1.29, 1.82) is 0 Å². The van der Waals surface area contributed by atoms with E-state index in [9.17, 15) is 4.79 Å². The molecule has 1 aromatic rings. The van der Waals surface area contributed by atoms with Gasteiger partial charge in [-0.1, -0.05) is 6.92 Å². The zero-order valence-corrected chi connectivity index (χ0v) is 8.89. The number of nitrogens with zero attached hydrogens (tertiary/aromatic N) is 3. The summed E-state index contributed by atoms with van der Waals surface area (Å²) in [4.78, 5) is 21.6. The Hall–Kier alpha value is -1.45. The standard InChI is InChI=1S/C11H15N3O/c1-9-3-2-6-14(7-9)11(15)10-4-5-12-8-13-10/h4-5,8-9H,2-3,6-7H2,1H3. The summed E-state index contributed by atoms with van der Waals surface area (Å²) in [5.74, 6) is 0.633. The summed E-state index contributed by atoms with van der Waals surface area (Å²) >= 11 is 0. The lowest BCUT2D eigenvalue weighted by atomic mass is 10.00. The summed E-state index contributed by atoms with van der Waals surface area (Å²) < 4.78 is 0. The smallest absolute Gasteiger partial charge is 0.272 e. The Kier molecular flexibility index (Phi) is 2.94. The largest absolute Gasteiger partial charge is 0.337 e. The van der Waals surface area contributed by atoms with Gasteiger partial charge in [-0.05, 0) is 24.8 Å². The van der Waals surface area contributed by atoms with E-state index < -0.39 is 0 Å². The van der Waals surface area contributed by atoms with Crippen LogP contribution >= 0.6 is 0 Å². The Balaban J connectivity index is 2.08. The van der Waals surface area contributed by atoms with Crippen LogP contribution in [0.5, 0.6) is 0 Å². The Labute approximate surface area is 89.3 Å². The Bertz CT molecular complexity index is 339. The molecule has 1 atom stereocenters. The van der Waals surface area contributed by atoms with Gasteiger partial charge >= 0.3 is 0 Å². The van der Waals surface area contributed by atoms with Crippen LogP contribution in [0.3, 0.4) is 0 Å². The van der Waals surface area contributed by atoms with Crippen LogP contribution in [0.15, 0.2) is 18.6 Å². The highest BCUT2D eigenvalue weighted by Crippen LogP contribution is 2.16. The van der Waals surface area contributed by atoms with E-state index in [2.05, 4.69) is 16.9 Å². The number of aromatic nitrogens is 2. The Morgan fingerprint density at radius 1 is 1.60 bits per heavy atom. The van der Waals surface area contributed by atoms with Gasteiger partial charge in [-0.3, -0.25) is 4.79 Å². The lowest BCUT2D eigenvalue weighted by molar-refractivity contribution is 0.0677. The quantitative estimate of drug-likeness (QED) is 0.695. The molecule has 1 amide bonds. The number of rotatable bonds is 1. The number of piperidine rings is 1. The van der Waals surface area contributed by atoms with E-state index >= 15 is 0 Å². The molecule has 0 spiro atoms. The van der Waals surface area contributed by atoms with Gasteiger partial charge in [-0.2, -0.15) is 0 Å². The Morgan fingerprint density at radius 3 is 3.13 bits per heavy atom. The zero-order valence-electron chi connectivity index (χ0n) is 8.89. The number of carbonyl (C=O) groups is 1. The van der Waals surface area contributed by atoms with E-state index in [1.807, 2.05) is 4.90 Å². The minimum Gasteiger partial charge on any atom is -0.337 e. The predicted octanol–water partition coefficient (Wildman–Crippen LogP) is 1.35. The molecule has 1 unspecified atom stereocenters. The van der Waals surface area contributed by atoms with Crippen molar-refractivity contribution in [2.75, 3.05) is 13.1 Å². The summed E-state index contributed by atoms with van der Waals surface area (Å²) in [6.45, 7) is 3.88. The van der Waals surface area contributed by atoms with Crippen LogP contribution in [0.25, 0.3) is 0 Å². The molecule has 15 heavy (non-hydrogen) atoms. The van der Waals surface area contributed by atoms with Gasteiger partial charge < -0.3 is 4.90 Å². The van der Waals surface area contributed by atoms with Crippen molar-refractivity contribution in [3.63, 3.8) is 0 Å². The van der Waals surface area contributed by atoms with Gasteiger partial charge in [-0.25, -0.2) is 9.97 Å². The number of likely N-dealkylation sites (tertiary alicyclic amines) is 1. The Morgan fingerprint density at radius 2 is 2.47 bits per heavy atom. The molecule has 80 valence electrons. The van der Waals surface area contributed by atoms with Gasteiger partial charge in [0.1, 0.15) is 12.0 Å². The minimum absolute atomic E-state index is 0.0314. The van der Waals surface area contributed by atoms with E-state index in [0.717, 1.165) is 19.5 Å². The van der Waals surface area contributed by atoms with Crippen molar-refractivity contribution in [3.05, 3.63) is 24.3 Å². The monoisotopic (exact) mass is 205 g/mol. The molecule has 0 aliphatic carbocycles. The second-order valence-electron chi connectivity index (χ2n) is 4.09. The maximum absolute atomic E-state index is 12.0. The van der Waals surface area contributed by atoms with Gasteiger partial charge in [0, 0.05) is 19.3 Å². The zero-order chi connectivity index (χ0) is 10.7. The van der Waals surface area contributed by atoms with Crippen molar-refractivity contribution in [2.45, 2.75) is 19.8 Å². The molecule has 4 heteroatoms. The summed E-state index contributed by atoms with van der Waals surface area (Å²) in [7, 11) is 0. The number of amides is 1. The van der Waals surface area contributed by atoms with Crippen molar-refractivity contribution >= 4 is 5.91 Å². The fourth-order valence-corrected chi connectivity index (χ4v) is 1.95. The summed E-state index contributed by atoms with van der Waals surface area (Å²) in [5.41, 5.74) is 0.499. The third kappa shape index (κ3) is 2.32. The van der Waals surface area contributed by atoms with E-state index in [-0.39, 0.29) is 5.91 Å². The molecule has 1 aliphatic rings. The molecular formula is C11H15N3O. The summed E-state index contributed by atoms with van der Waals surface area (Å²) in [5, 5.41) is 0. The van der Waals surface area contributed by atoms with Crippen LogP contribution in [0.2, 0.25) is 0 Å². The van der Waals surface area contributed by atoms with Crippen molar-refractivity contribution in [3.8, 4) is 0 Å². The van der Waals surface area contributed by atoms with Gasteiger partial charge in [0.25, 0.3) is 5.91 Å². The van der Waals surface area contributed by atoms with Gasteiger partial charge in [-0.15, -0.1) is 0 Å². The number of hydrogen-bond donors (Lipinski definition) is 0. The average molecular weight is 205 g/mol. The topological polar surface area (TPSA) is 46.1 Å². The molecule has 0 aromatic carbocycles. The highest BCUT2D eigenvalue weighted by molar-refractivity contribution is 5.92. The van der Waals surface area contributed by atoms with E-state index in [1.54, 1.807) is 12.3 Å². The van der Waals surface area contributed by atoms with E-state index in [1.165, 1.54) is 12.7 Å². The van der Waals surface area contributed by atoms with Crippen LogP contribution in [0, 0.1) is 5.92 Å². The van der Waals surface area contributed by atoms with Crippen LogP contribution < -0.4 is 0 Å². The molecular weight excluding hydrogens is 190 g/mol. The van der Waals surface area contributed by atoms with Crippen LogP contribution in [-0.4, -0.2) is 33.9 Å². The molecule has 0 saturated carbocycles. The second-order valence-corrected chi connectivity index (χ2v) is 4.09. The highest BCUT2D eigenvalue weighted by Gasteiger charge is 2.22. The van der Waals surface area contributed by atoms with Crippen molar-refractivity contribution in [1.82, 2.24) is 14.9 Å². The van der Waals surface area contributed by atoms with Gasteiger partial charge in [0.15, 0.2) is 0 Å². The van der Waals surface area contributed by atoms with E-state index in [4.69, 9.17) is 0 Å². The second kappa shape index (κ2) is 4.38. The lowest BCUT2D eigenvalue weighted by Gasteiger charge is -2.30. The molecule has 2 heterocycles. The fourth-order valence-electron chi connectivity index (χ4n) is 1.95. The minimum atomic E-state index is 0.0314. The normalized spacial score (nSPS) is 21.4. The SMILES string of the molecule is CC1CCCN(C(=O)c2ccncn2)C1. The lowest BCUT2D eigenvalue weighted by Crippen LogP contribution is -2.39. The molecule has 0 N–H and O–H groups in total. The third-order valence-electron chi connectivity index (χ3n) is 2.75. The predicted molar refractivity (Wildman–Crippen MR) is 56.3 cm³/mol. The van der Waals surface area contributed by atoms with Gasteiger partial charge in [0.05, 0.1) is 0 Å². The molecule has 2 rings (SSSR count). The van der Waals surface area contributed by atoms with Crippen LogP contribution in [0.4, 0.5) is 0 Å².